The van der Waals surface area contributed by atoms with Crippen molar-refractivity contribution in [2.24, 2.45) is 0 Å². The smallest absolute Gasteiger partial charge is 0.208 e. The van der Waals surface area contributed by atoms with E-state index in [2.05, 4.69) is 96.9 Å². The lowest BCUT2D eigenvalue weighted by molar-refractivity contribution is 0.590. The molecule has 0 aliphatic carbocycles. The summed E-state index contributed by atoms with van der Waals surface area (Å²) < 4.78 is 0. The summed E-state index contributed by atoms with van der Waals surface area (Å²) in [6.45, 7) is 8.75. The topological polar surface area (TPSA) is 67.3 Å². The molecular formula is C21H21N5S. The Balaban J connectivity index is 1.84. The molecule has 6 heteroatoms. The molecule has 0 radical (unpaired) electrons. The number of thiazole rings is 1. The fourth-order valence-corrected chi connectivity index (χ4v) is 3.92. The summed E-state index contributed by atoms with van der Waals surface area (Å²) >= 11 is 1.60. The molecule has 0 atom stereocenters. The first-order valence-corrected chi connectivity index (χ1v) is 9.66. The Morgan fingerprint density at radius 1 is 0.889 bits per heavy atom. The second-order valence-electron chi connectivity index (χ2n) is 7.64. The van der Waals surface area contributed by atoms with Gasteiger partial charge >= 0.3 is 0 Å². The van der Waals surface area contributed by atoms with Crippen molar-refractivity contribution < 1.29 is 0 Å². The number of benzene rings is 2. The minimum atomic E-state index is 0.122. The molecule has 0 spiro atoms. The monoisotopic (exact) mass is 375 g/mol. The number of nitrogens with zero attached hydrogens (tertiary/aromatic N) is 4. The maximum Gasteiger partial charge on any atom is 0.208 e. The molecule has 0 saturated heterocycles. The zero-order chi connectivity index (χ0) is 19.0. The molecular weight excluding hydrogens is 354 g/mol. The van der Waals surface area contributed by atoms with E-state index in [-0.39, 0.29) is 5.41 Å². The molecule has 2 aromatic heterocycles. The largest absolute Gasteiger partial charge is 0.237 e. The van der Waals surface area contributed by atoms with E-state index in [4.69, 9.17) is 4.98 Å². The van der Waals surface area contributed by atoms with Crippen molar-refractivity contribution in [2.75, 3.05) is 0 Å². The number of aromatic nitrogens is 5. The van der Waals surface area contributed by atoms with Crippen molar-refractivity contribution in [2.45, 2.75) is 33.1 Å². The highest BCUT2D eigenvalue weighted by atomic mass is 32.1. The molecule has 0 aliphatic heterocycles. The molecule has 5 nitrogen and oxygen atoms in total. The summed E-state index contributed by atoms with van der Waals surface area (Å²) in [5.41, 5.74) is 5.85. The van der Waals surface area contributed by atoms with Crippen LogP contribution in [0, 0.1) is 6.92 Å². The number of H-pyrrole nitrogens is 1. The van der Waals surface area contributed by atoms with Crippen LogP contribution >= 0.6 is 11.3 Å². The van der Waals surface area contributed by atoms with E-state index in [1.54, 1.807) is 11.3 Å². The van der Waals surface area contributed by atoms with Crippen molar-refractivity contribution in [1.29, 1.82) is 0 Å². The average Bonchev–Trinajstić information content (AvgIpc) is 3.31. The van der Waals surface area contributed by atoms with Crippen molar-refractivity contribution in [1.82, 2.24) is 25.6 Å². The van der Waals surface area contributed by atoms with Crippen LogP contribution in [0.4, 0.5) is 0 Å². The van der Waals surface area contributed by atoms with Crippen LogP contribution in [0.2, 0.25) is 0 Å². The predicted molar refractivity (Wildman–Crippen MR) is 110 cm³/mol. The third-order valence-corrected chi connectivity index (χ3v) is 5.62. The van der Waals surface area contributed by atoms with E-state index >= 15 is 0 Å². The fourth-order valence-electron chi connectivity index (χ4n) is 2.90. The first-order valence-electron chi connectivity index (χ1n) is 8.85. The molecule has 2 aromatic carbocycles. The fraction of sp³-hybridized carbons (Fsp3) is 0.238. The van der Waals surface area contributed by atoms with Crippen LogP contribution in [-0.4, -0.2) is 25.6 Å². The SMILES string of the molecule is Cc1ccc(-c2sc(-c3nnn[nH]3)nc2-c2ccc(C(C)(C)C)cc2)cc1. The second-order valence-corrected chi connectivity index (χ2v) is 8.64. The molecule has 27 heavy (non-hydrogen) atoms. The molecule has 4 aromatic rings. The van der Waals surface area contributed by atoms with Gasteiger partial charge in [0, 0.05) is 5.56 Å². The van der Waals surface area contributed by atoms with Crippen molar-refractivity contribution in [3.05, 3.63) is 59.7 Å². The zero-order valence-corrected chi connectivity index (χ0v) is 16.6. The molecule has 0 aliphatic rings. The number of rotatable bonds is 3. The maximum absolute atomic E-state index is 4.86. The molecule has 0 amide bonds. The van der Waals surface area contributed by atoms with Gasteiger partial charge in [-0.3, -0.25) is 0 Å². The summed E-state index contributed by atoms with van der Waals surface area (Å²) in [5.74, 6) is 0.589. The lowest BCUT2D eigenvalue weighted by Gasteiger charge is -2.19. The quantitative estimate of drug-likeness (QED) is 0.530. The van der Waals surface area contributed by atoms with E-state index in [1.807, 2.05) is 0 Å². The van der Waals surface area contributed by atoms with Crippen molar-refractivity contribution in [3.8, 4) is 32.5 Å². The van der Waals surface area contributed by atoms with Crippen LogP contribution in [0.25, 0.3) is 32.5 Å². The van der Waals surface area contributed by atoms with Crippen LogP contribution < -0.4 is 0 Å². The first kappa shape index (κ1) is 17.5. The van der Waals surface area contributed by atoms with E-state index in [0.29, 0.717) is 5.82 Å². The Bertz CT molecular complexity index is 1040. The number of hydrogen-bond acceptors (Lipinski definition) is 5. The van der Waals surface area contributed by atoms with Gasteiger partial charge < -0.3 is 0 Å². The van der Waals surface area contributed by atoms with E-state index in [9.17, 15) is 0 Å². The number of nitrogens with one attached hydrogen (secondary N) is 1. The third kappa shape index (κ3) is 3.53. The highest BCUT2D eigenvalue weighted by molar-refractivity contribution is 7.18. The number of aryl methyl sites for hydroxylation is 1. The van der Waals surface area contributed by atoms with Gasteiger partial charge in [0.05, 0.1) is 10.6 Å². The molecule has 2 heterocycles. The summed E-state index contributed by atoms with van der Waals surface area (Å²) in [5, 5.41) is 15.0. The third-order valence-electron chi connectivity index (χ3n) is 4.51. The van der Waals surface area contributed by atoms with Gasteiger partial charge in [-0.05, 0) is 33.9 Å². The molecule has 0 saturated carbocycles. The van der Waals surface area contributed by atoms with Crippen LogP contribution in [0.1, 0.15) is 31.9 Å². The molecule has 4 rings (SSSR count). The lowest BCUT2D eigenvalue weighted by Crippen LogP contribution is -2.10. The number of hydrogen-bond donors (Lipinski definition) is 1. The number of aromatic amines is 1. The Morgan fingerprint density at radius 2 is 1.56 bits per heavy atom. The Hall–Kier alpha value is -2.86. The average molecular weight is 376 g/mol. The van der Waals surface area contributed by atoms with Gasteiger partial charge in [-0.25, -0.2) is 10.1 Å². The van der Waals surface area contributed by atoms with Gasteiger partial charge in [0.15, 0.2) is 5.01 Å². The van der Waals surface area contributed by atoms with Gasteiger partial charge in [-0.2, -0.15) is 0 Å². The van der Waals surface area contributed by atoms with Gasteiger partial charge in [-0.15, -0.1) is 16.4 Å². The first-order chi connectivity index (χ1) is 12.9. The summed E-state index contributed by atoms with van der Waals surface area (Å²) in [7, 11) is 0. The van der Waals surface area contributed by atoms with Gasteiger partial charge in [0.2, 0.25) is 5.82 Å². The van der Waals surface area contributed by atoms with E-state index in [1.165, 1.54) is 11.1 Å². The summed E-state index contributed by atoms with van der Waals surface area (Å²) in [6, 6.07) is 17.2. The van der Waals surface area contributed by atoms with Crippen molar-refractivity contribution >= 4 is 11.3 Å². The Kier molecular flexibility index (Phi) is 4.36. The summed E-state index contributed by atoms with van der Waals surface area (Å²) in [6.07, 6.45) is 0. The van der Waals surface area contributed by atoms with E-state index in [0.717, 1.165) is 26.7 Å². The minimum absolute atomic E-state index is 0.122. The molecule has 0 fully saturated rings. The normalized spacial score (nSPS) is 11.7. The number of tetrazole rings is 1. The van der Waals surface area contributed by atoms with Gasteiger partial charge in [0.1, 0.15) is 0 Å². The van der Waals surface area contributed by atoms with E-state index < -0.39 is 0 Å². The standard InChI is InChI=1S/C21H21N5S/c1-13-5-7-15(8-6-13)18-17(22-20(27-18)19-23-25-26-24-19)14-9-11-16(12-10-14)21(2,3)4/h5-12H,1-4H3,(H,23,24,25,26). The van der Waals surface area contributed by atoms with Crippen LogP contribution in [0.3, 0.4) is 0 Å². The van der Waals surface area contributed by atoms with Crippen molar-refractivity contribution in [3.63, 3.8) is 0 Å². The predicted octanol–water partition coefficient (Wildman–Crippen LogP) is 5.26. The second kappa shape index (κ2) is 6.70. The highest BCUT2D eigenvalue weighted by Crippen LogP contribution is 2.40. The van der Waals surface area contributed by atoms with Gasteiger partial charge in [0.25, 0.3) is 0 Å². The highest BCUT2D eigenvalue weighted by Gasteiger charge is 2.19. The Labute approximate surface area is 162 Å². The zero-order valence-electron chi connectivity index (χ0n) is 15.8. The molecule has 0 bridgehead atoms. The molecule has 0 unspecified atom stereocenters. The van der Waals surface area contributed by atoms with Crippen LogP contribution in [0.15, 0.2) is 48.5 Å². The minimum Gasteiger partial charge on any atom is -0.237 e. The lowest BCUT2D eigenvalue weighted by atomic mass is 9.86. The summed E-state index contributed by atoms with van der Waals surface area (Å²) in [4.78, 5) is 5.97. The molecule has 1 N–H and O–H groups in total. The van der Waals surface area contributed by atoms with Crippen LogP contribution in [-0.2, 0) is 5.41 Å². The van der Waals surface area contributed by atoms with Crippen LogP contribution in [0.5, 0.6) is 0 Å². The van der Waals surface area contributed by atoms with Gasteiger partial charge in [-0.1, -0.05) is 74.9 Å². The molecule has 136 valence electrons. The Morgan fingerprint density at radius 3 is 2.15 bits per heavy atom. The maximum atomic E-state index is 4.86.